The van der Waals surface area contributed by atoms with Crippen LogP contribution in [0.5, 0.6) is 0 Å². The summed E-state index contributed by atoms with van der Waals surface area (Å²) in [4.78, 5) is 20.0. The maximum absolute atomic E-state index is 9.22. The summed E-state index contributed by atoms with van der Waals surface area (Å²) in [5.74, 6) is -2.35. The van der Waals surface area contributed by atoms with Gasteiger partial charge in [-0.25, -0.2) is 20.3 Å². The van der Waals surface area contributed by atoms with Crippen molar-refractivity contribution < 1.29 is 30.1 Å². The molecule has 6 nitrogen and oxygen atoms in total. The summed E-state index contributed by atoms with van der Waals surface area (Å²) in [5, 5.41) is 18.4. The normalized spacial score (nSPS) is 33.0. The Balaban J connectivity index is 2.81. The molecule has 0 saturated carbocycles. The van der Waals surface area contributed by atoms with Gasteiger partial charge in [0.25, 0.3) is 0 Å². The van der Waals surface area contributed by atoms with Gasteiger partial charge in [-0.2, -0.15) is 9.78 Å². The van der Waals surface area contributed by atoms with Crippen LogP contribution >= 0.6 is 0 Å². The SMILES string of the molecule is CCCC1(OO)CCCCCCC(CCC)(OO)OO1. The van der Waals surface area contributed by atoms with E-state index >= 15 is 0 Å². The van der Waals surface area contributed by atoms with E-state index in [1.165, 1.54) is 0 Å². The summed E-state index contributed by atoms with van der Waals surface area (Å²) < 4.78 is 0. The predicted molar refractivity (Wildman–Crippen MR) is 72.6 cm³/mol. The molecule has 0 bridgehead atoms. The van der Waals surface area contributed by atoms with Gasteiger partial charge in [0.2, 0.25) is 11.6 Å². The molecule has 0 amide bonds. The molecule has 0 aliphatic carbocycles. The molecule has 1 saturated heterocycles. The number of hydrogen-bond acceptors (Lipinski definition) is 6. The molecule has 2 atom stereocenters. The van der Waals surface area contributed by atoms with E-state index in [1.54, 1.807) is 0 Å². The Morgan fingerprint density at radius 1 is 0.800 bits per heavy atom. The van der Waals surface area contributed by atoms with Crippen LogP contribution in [0.4, 0.5) is 0 Å². The van der Waals surface area contributed by atoms with E-state index in [-0.39, 0.29) is 0 Å². The van der Waals surface area contributed by atoms with E-state index in [0.29, 0.717) is 25.7 Å². The van der Waals surface area contributed by atoms with Gasteiger partial charge in [0, 0.05) is 25.7 Å². The fourth-order valence-electron chi connectivity index (χ4n) is 2.69. The average molecular weight is 292 g/mol. The molecule has 2 N–H and O–H groups in total. The van der Waals surface area contributed by atoms with E-state index in [9.17, 15) is 10.5 Å². The summed E-state index contributed by atoms with van der Waals surface area (Å²) in [6, 6.07) is 0. The molecule has 2 unspecified atom stereocenters. The van der Waals surface area contributed by atoms with Crippen molar-refractivity contribution in [1.82, 2.24) is 0 Å². The summed E-state index contributed by atoms with van der Waals surface area (Å²) in [6.45, 7) is 3.95. The van der Waals surface area contributed by atoms with Crippen LogP contribution in [0.15, 0.2) is 0 Å². The predicted octanol–water partition coefficient (Wildman–Crippen LogP) is 4.26. The fraction of sp³-hybridized carbons (Fsp3) is 1.00. The Morgan fingerprint density at radius 3 is 1.50 bits per heavy atom. The van der Waals surface area contributed by atoms with Crippen molar-refractivity contribution in [3.8, 4) is 0 Å². The van der Waals surface area contributed by atoms with Gasteiger partial charge in [0.15, 0.2) is 0 Å². The third-order valence-corrected chi connectivity index (χ3v) is 3.81. The van der Waals surface area contributed by atoms with Gasteiger partial charge in [-0.3, -0.25) is 0 Å². The van der Waals surface area contributed by atoms with Crippen LogP contribution in [0.25, 0.3) is 0 Å². The van der Waals surface area contributed by atoms with E-state index in [2.05, 4.69) is 9.78 Å². The first-order valence-electron chi connectivity index (χ1n) is 7.68. The zero-order valence-corrected chi connectivity index (χ0v) is 12.6. The molecule has 1 heterocycles. The second-order valence-electron chi connectivity index (χ2n) is 5.58. The maximum Gasteiger partial charge on any atom is 0.233 e. The molecule has 0 aromatic rings. The average Bonchev–Trinajstić information content (AvgIpc) is 2.48. The minimum atomic E-state index is -1.18. The van der Waals surface area contributed by atoms with Crippen molar-refractivity contribution in [2.75, 3.05) is 0 Å². The largest absolute Gasteiger partial charge is 0.249 e. The van der Waals surface area contributed by atoms with Crippen LogP contribution in [0.1, 0.15) is 78.1 Å². The van der Waals surface area contributed by atoms with Gasteiger partial charge in [0.05, 0.1) is 0 Å². The van der Waals surface area contributed by atoms with Gasteiger partial charge in [-0.15, -0.1) is 0 Å². The van der Waals surface area contributed by atoms with Crippen molar-refractivity contribution in [2.24, 2.45) is 0 Å². The molecule has 0 spiro atoms. The lowest BCUT2D eigenvalue weighted by Crippen LogP contribution is -2.43. The topological polar surface area (TPSA) is 77.4 Å². The van der Waals surface area contributed by atoms with Gasteiger partial charge >= 0.3 is 0 Å². The minimum Gasteiger partial charge on any atom is -0.249 e. The maximum atomic E-state index is 9.22. The Hall–Kier alpha value is -0.240. The fourth-order valence-corrected chi connectivity index (χ4v) is 2.69. The Labute approximate surface area is 120 Å². The summed E-state index contributed by atoms with van der Waals surface area (Å²) in [6.07, 6.45) is 7.51. The summed E-state index contributed by atoms with van der Waals surface area (Å²) in [5.41, 5.74) is 0. The molecule has 6 heteroatoms. The monoisotopic (exact) mass is 292 g/mol. The van der Waals surface area contributed by atoms with Crippen LogP contribution in [0.2, 0.25) is 0 Å². The van der Waals surface area contributed by atoms with E-state index < -0.39 is 11.6 Å². The third-order valence-electron chi connectivity index (χ3n) is 3.81. The molecule has 20 heavy (non-hydrogen) atoms. The number of rotatable bonds is 6. The molecule has 0 aromatic heterocycles. The van der Waals surface area contributed by atoms with Gasteiger partial charge in [0.1, 0.15) is 0 Å². The van der Waals surface area contributed by atoms with Crippen LogP contribution < -0.4 is 0 Å². The lowest BCUT2D eigenvalue weighted by Gasteiger charge is -2.35. The standard InChI is InChI=1S/C14H28O6/c1-3-9-13(17-15)11-7-5-6-8-12-14(18-16,10-4-2)20-19-13/h15-16H,3-12H2,1-2H3. The molecule has 0 aromatic carbocycles. The van der Waals surface area contributed by atoms with Crippen LogP contribution in [-0.4, -0.2) is 22.1 Å². The molecule has 1 aliphatic rings. The van der Waals surface area contributed by atoms with Crippen molar-refractivity contribution in [3.63, 3.8) is 0 Å². The van der Waals surface area contributed by atoms with Crippen molar-refractivity contribution >= 4 is 0 Å². The lowest BCUT2D eigenvalue weighted by molar-refractivity contribution is -0.575. The second-order valence-corrected chi connectivity index (χ2v) is 5.58. The van der Waals surface area contributed by atoms with E-state index in [0.717, 1.165) is 38.5 Å². The third kappa shape index (κ3) is 4.95. The summed E-state index contributed by atoms with van der Waals surface area (Å²) in [7, 11) is 0. The van der Waals surface area contributed by atoms with Gasteiger partial charge in [-0.05, 0) is 12.8 Å². The molecular weight excluding hydrogens is 264 g/mol. The zero-order chi connectivity index (χ0) is 14.9. The molecule has 1 aliphatic heterocycles. The first kappa shape index (κ1) is 17.8. The van der Waals surface area contributed by atoms with Gasteiger partial charge < -0.3 is 0 Å². The quantitative estimate of drug-likeness (QED) is 0.562. The van der Waals surface area contributed by atoms with E-state index in [4.69, 9.17) is 9.78 Å². The molecular formula is C14H28O6. The van der Waals surface area contributed by atoms with Crippen LogP contribution in [0, 0.1) is 0 Å². The highest BCUT2D eigenvalue weighted by molar-refractivity contribution is 4.72. The molecule has 1 rings (SSSR count). The molecule has 120 valence electrons. The molecule has 1 fully saturated rings. The highest BCUT2D eigenvalue weighted by Gasteiger charge is 2.40. The number of hydrogen-bond donors (Lipinski definition) is 2. The first-order chi connectivity index (χ1) is 9.66. The van der Waals surface area contributed by atoms with E-state index in [1.807, 2.05) is 13.8 Å². The Morgan fingerprint density at radius 2 is 1.20 bits per heavy atom. The lowest BCUT2D eigenvalue weighted by atomic mass is 9.99. The van der Waals surface area contributed by atoms with Crippen molar-refractivity contribution in [2.45, 2.75) is 89.6 Å². The Kier molecular flexibility index (Phi) is 7.94. The smallest absolute Gasteiger partial charge is 0.233 e. The summed E-state index contributed by atoms with van der Waals surface area (Å²) >= 11 is 0. The van der Waals surface area contributed by atoms with Crippen molar-refractivity contribution in [3.05, 3.63) is 0 Å². The Bertz CT molecular complexity index is 236. The minimum absolute atomic E-state index is 0.511. The van der Waals surface area contributed by atoms with Crippen LogP contribution in [0.3, 0.4) is 0 Å². The molecule has 0 radical (unpaired) electrons. The highest BCUT2D eigenvalue weighted by atomic mass is 17.3. The van der Waals surface area contributed by atoms with Crippen LogP contribution in [-0.2, 0) is 19.6 Å². The first-order valence-corrected chi connectivity index (χ1v) is 7.68. The van der Waals surface area contributed by atoms with Crippen molar-refractivity contribution in [1.29, 1.82) is 0 Å². The zero-order valence-electron chi connectivity index (χ0n) is 12.6. The van der Waals surface area contributed by atoms with Gasteiger partial charge in [-0.1, -0.05) is 39.5 Å². The second kappa shape index (κ2) is 8.92. The highest BCUT2D eigenvalue weighted by Crippen LogP contribution is 2.34.